The first kappa shape index (κ1) is 27.0. The molecule has 5 rings (SSSR count). The Hall–Kier alpha value is -4.57. The molecule has 0 bridgehead atoms. The van der Waals surface area contributed by atoms with Crippen LogP contribution in [0.4, 0.5) is 4.39 Å². The fourth-order valence-electron chi connectivity index (χ4n) is 4.45. The molecule has 2 aromatic carbocycles. The molecule has 3 heterocycles. The number of carbonyl (C=O) groups excluding carboxylic acids is 2. The van der Waals surface area contributed by atoms with Crippen molar-refractivity contribution in [1.29, 1.82) is 0 Å². The van der Waals surface area contributed by atoms with Crippen molar-refractivity contribution in [3.63, 3.8) is 0 Å². The number of furan rings is 1. The molecule has 0 unspecified atom stereocenters. The Balaban J connectivity index is 1.54. The Morgan fingerprint density at radius 1 is 1.00 bits per heavy atom. The van der Waals surface area contributed by atoms with Gasteiger partial charge in [-0.05, 0) is 62.7 Å². The minimum atomic E-state index is -0.830. The molecule has 0 amide bonds. The summed E-state index contributed by atoms with van der Waals surface area (Å²) in [6, 6.07) is 15.2. The maximum absolute atomic E-state index is 13.7. The lowest BCUT2D eigenvalue weighted by Crippen LogP contribution is -2.39. The maximum atomic E-state index is 13.7. The zero-order chi connectivity index (χ0) is 28.4. The Morgan fingerprint density at radius 2 is 1.68 bits per heavy atom. The molecule has 4 aromatic rings. The van der Waals surface area contributed by atoms with Crippen LogP contribution in [0.1, 0.15) is 48.5 Å². The highest BCUT2D eigenvalue weighted by atomic mass is 32.1. The van der Waals surface area contributed by atoms with Crippen molar-refractivity contribution in [3.05, 3.63) is 114 Å². The summed E-state index contributed by atoms with van der Waals surface area (Å²) in [5.41, 5.74) is 2.01. The number of thiazole rings is 1. The van der Waals surface area contributed by atoms with Crippen LogP contribution in [-0.2, 0) is 14.3 Å². The summed E-state index contributed by atoms with van der Waals surface area (Å²) in [5, 5.41) is 0. The van der Waals surface area contributed by atoms with E-state index in [1.54, 1.807) is 75.4 Å². The van der Waals surface area contributed by atoms with Crippen LogP contribution in [-0.4, -0.2) is 29.7 Å². The Labute approximate surface area is 232 Å². The molecule has 0 saturated carbocycles. The lowest BCUT2D eigenvalue weighted by Gasteiger charge is -2.24. The lowest BCUT2D eigenvalue weighted by molar-refractivity contribution is -0.139. The number of carbonyl (C=O) groups is 2. The number of hydrogen-bond donors (Lipinski definition) is 0. The van der Waals surface area contributed by atoms with E-state index in [2.05, 4.69) is 4.99 Å². The molecule has 10 heteroatoms. The van der Waals surface area contributed by atoms with Gasteiger partial charge in [0.15, 0.2) is 4.80 Å². The fraction of sp³-hybridized carbons (Fsp3) is 0.200. The summed E-state index contributed by atoms with van der Waals surface area (Å²) in [7, 11) is 0. The normalized spacial score (nSPS) is 15.0. The molecule has 0 radical (unpaired) electrons. The number of halogens is 1. The van der Waals surface area contributed by atoms with Crippen LogP contribution in [0, 0.1) is 5.82 Å². The van der Waals surface area contributed by atoms with Gasteiger partial charge in [-0.15, -0.1) is 0 Å². The molecule has 8 nitrogen and oxygen atoms in total. The summed E-state index contributed by atoms with van der Waals surface area (Å²) >= 11 is 1.16. The van der Waals surface area contributed by atoms with Crippen LogP contribution >= 0.6 is 11.3 Å². The number of esters is 2. The van der Waals surface area contributed by atoms with E-state index >= 15 is 0 Å². The van der Waals surface area contributed by atoms with E-state index in [9.17, 15) is 18.8 Å². The number of ether oxygens (including phenoxy) is 2. The third kappa shape index (κ3) is 5.17. The van der Waals surface area contributed by atoms with Crippen LogP contribution in [0.15, 0.2) is 86.1 Å². The van der Waals surface area contributed by atoms with Gasteiger partial charge in [0.25, 0.3) is 5.56 Å². The lowest BCUT2D eigenvalue weighted by atomic mass is 9.96. The molecule has 0 spiro atoms. The molecule has 204 valence electrons. The van der Waals surface area contributed by atoms with Gasteiger partial charge in [-0.3, -0.25) is 9.36 Å². The number of nitrogens with zero attached hydrogens (tertiary/aromatic N) is 2. The second-order valence-corrected chi connectivity index (χ2v) is 9.86. The highest BCUT2D eigenvalue weighted by Gasteiger charge is 2.33. The van der Waals surface area contributed by atoms with Crippen molar-refractivity contribution in [2.75, 3.05) is 13.2 Å². The minimum Gasteiger partial charge on any atom is -0.463 e. The zero-order valence-corrected chi connectivity index (χ0v) is 22.8. The number of benzene rings is 2. The minimum absolute atomic E-state index is 0.155. The Morgan fingerprint density at radius 3 is 2.35 bits per heavy atom. The van der Waals surface area contributed by atoms with Crippen molar-refractivity contribution < 1.29 is 27.9 Å². The van der Waals surface area contributed by atoms with E-state index < -0.39 is 23.8 Å². The average Bonchev–Trinajstić information content (AvgIpc) is 3.53. The van der Waals surface area contributed by atoms with Crippen LogP contribution < -0.4 is 14.9 Å². The zero-order valence-electron chi connectivity index (χ0n) is 22.0. The van der Waals surface area contributed by atoms with E-state index in [0.717, 1.165) is 16.9 Å². The standard InChI is InChI=1S/C30H25FN2O6S/c1-4-37-28(35)20-8-6-18(7-9-20)23-15-14-22(39-23)16-24-27(34)33-26(19-10-12-21(31)13-11-19)25(29(36)38-5-2)17(3)32-30(33)40-24/h6-16,26H,4-5H2,1-3H3/b24-16-/t26-/m0/s1. The van der Waals surface area contributed by atoms with Gasteiger partial charge >= 0.3 is 11.9 Å². The van der Waals surface area contributed by atoms with Crippen molar-refractivity contribution in [3.8, 4) is 11.3 Å². The number of rotatable bonds is 7. The second kappa shape index (κ2) is 11.3. The molecule has 2 aromatic heterocycles. The van der Waals surface area contributed by atoms with Gasteiger partial charge in [0.1, 0.15) is 17.3 Å². The number of fused-ring (bicyclic) bond motifs is 1. The highest BCUT2D eigenvalue weighted by Crippen LogP contribution is 2.31. The predicted octanol–water partition coefficient (Wildman–Crippen LogP) is 4.37. The molecular formula is C30H25FN2O6S. The topological polar surface area (TPSA) is 100 Å². The van der Waals surface area contributed by atoms with Crippen molar-refractivity contribution in [1.82, 2.24) is 4.57 Å². The molecule has 0 aliphatic carbocycles. The smallest absolute Gasteiger partial charge is 0.338 e. The van der Waals surface area contributed by atoms with Gasteiger partial charge in [-0.25, -0.2) is 19.0 Å². The number of allylic oxidation sites excluding steroid dienone is 1. The third-order valence-electron chi connectivity index (χ3n) is 6.28. The summed E-state index contributed by atoms with van der Waals surface area (Å²) in [5.74, 6) is -0.422. The summed E-state index contributed by atoms with van der Waals surface area (Å²) in [6.45, 7) is 5.58. The molecule has 0 N–H and O–H groups in total. The van der Waals surface area contributed by atoms with Crippen molar-refractivity contribution >= 4 is 29.4 Å². The highest BCUT2D eigenvalue weighted by molar-refractivity contribution is 7.07. The van der Waals surface area contributed by atoms with Crippen LogP contribution in [0.3, 0.4) is 0 Å². The van der Waals surface area contributed by atoms with Gasteiger partial charge in [-0.1, -0.05) is 35.6 Å². The third-order valence-corrected chi connectivity index (χ3v) is 7.27. The van der Waals surface area contributed by atoms with E-state index in [1.807, 2.05) is 0 Å². The van der Waals surface area contributed by atoms with Crippen molar-refractivity contribution in [2.45, 2.75) is 26.8 Å². The second-order valence-electron chi connectivity index (χ2n) is 8.85. The summed E-state index contributed by atoms with van der Waals surface area (Å²) in [4.78, 5) is 43.5. The SMILES string of the molecule is CCOC(=O)C1=C(C)N=c2s/c(=C\c3ccc(-c4ccc(C(=O)OCC)cc4)o3)c(=O)n2[C@H]1c1ccc(F)cc1. The number of hydrogen-bond acceptors (Lipinski definition) is 8. The molecule has 40 heavy (non-hydrogen) atoms. The van der Waals surface area contributed by atoms with Crippen LogP contribution in [0.2, 0.25) is 0 Å². The molecule has 0 fully saturated rings. The van der Waals surface area contributed by atoms with Gasteiger partial charge in [0.2, 0.25) is 0 Å². The average molecular weight is 561 g/mol. The maximum Gasteiger partial charge on any atom is 0.338 e. The predicted molar refractivity (Wildman–Crippen MR) is 147 cm³/mol. The van der Waals surface area contributed by atoms with Gasteiger partial charge in [0, 0.05) is 11.6 Å². The van der Waals surface area contributed by atoms with E-state index in [4.69, 9.17) is 13.9 Å². The van der Waals surface area contributed by atoms with E-state index in [1.165, 1.54) is 16.7 Å². The molecule has 0 saturated heterocycles. The van der Waals surface area contributed by atoms with E-state index in [-0.39, 0.29) is 17.7 Å². The first-order chi connectivity index (χ1) is 19.3. The summed E-state index contributed by atoms with van der Waals surface area (Å²) < 4.78 is 31.8. The van der Waals surface area contributed by atoms with Crippen LogP contribution in [0.25, 0.3) is 17.4 Å². The van der Waals surface area contributed by atoms with Gasteiger partial charge < -0.3 is 13.9 Å². The van der Waals surface area contributed by atoms with Gasteiger partial charge in [0.05, 0.1) is 40.6 Å². The number of aromatic nitrogens is 1. The van der Waals surface area contributed by atoms with E-state index in [0.29, 0.717) is 44.3 Å². The first-order valence-corrected chi connectivity index (χ1v) is 13.4. The summed E-state index contributed by atoms with van der Waals surface area (Å²) in [6.07, 6.45) is 1.62. The molecule has 1 aliphatic heterocycles. The van der Waals surface area contributed by atoms with Gasteiger partial charge in [-0.2, -0.15) is 0 Å². The molecular weight excluding hydrogens is 535 g/mol. The largest absolute Gasteiger partial charge is 0.463 e. The monoisotopic (exact) mass is 560 g/mol. The quantitative estimate of drug-likeness (QED) is 0.311. The Kier molecular flexibility index (Phi) is 7.61. The Bertz CT molecular complexity index is 1800. The fourth-order valence-corrected chi connectivity index (χ4v) is 5.48. The first-order valence-electron chi connectivity index (χ1n) is 12.6. The molecule has 1 atom stereocenters. The molecule has 1 aliphatic rings. The van der Waals surface area contributed by atoms with Crippen LogP contribution in [0.5, 0.6) is 0 Å². The van der Waals surface area contributed by atoms with Crippen molar-refractivity contribution in [2.24, 2.45) is 4.99 Å².